The van der Waals surface area contributed by atoms with Crippen LogP contribution in [-0.2, 0) is 19.2 Å². The SMILES string of the molecule is CC1(C)SC(C(=O)O)C(C(=O)N[C@@H](CC(=O)O)C(=O)O)S1. The number of thioether (sulfide) groups is 2. The topological polar surface area (TPSA) is 141 Å². The highest BCUT2D eigenvalue weighted by molar-refractivity contribution is 8.22. The second-order valence-electron chi connectivity index (χ2n) is 4.81. The van der Waals surface area contributed by atoms with Crippen LogP contribution in [0.3, 0.4) is 0 Å². The fraction of sp³-hybridized carbons (Fsp3) is 0.636. The van der Waals surface area contributed by atoms with Gasteiger partial charge in [0.25, 0.3) is 0 Å². The maximum Gasteiger partial charge on any atom is 0.326 e. The van der Waals surface area contributed by atoms with Crippen molar-refractivity contribution in [2.24, 2.45) is 0 Å². The quantitative estimate of drug-likeness (QED) is 0.529. The Hall–Kier alpha value is -1.42. The molecule has 1 aliphatic heterocycles. The van der Waals surface area contributed by atoms with E-state index in [0.29, 0.717) is 0 Å². The summed E-state index contributed by atoms with van der Waals surface area (Å²) in [5.41, 5.74) is 0. The molecule has 1 saturated heterocycles. The third-order valence-electron chi connectivity index (χ3n) is 2.59. The van der Waals surface area contributed by atoms with Crippen molar-refractivity contribution in [3.8, 4) is 0 Å². The number of carbonyl (C=O) groups excluding carboxylic acids is 1. The largest absolute Gasteiger partial charge is 0.481 e. The molecule has 0 aliphatic carbocycles. The highest BCUT2D eigenvalue weighted by atomic mass is 32.2. The molecule has 0 bridgehead atoms. The normalized spacial score (nSPS) is 25.0. The van der Waals surface area contributed by atoms with Crippen molar-refractivity contribution in [3.05, 3.63) is 0 Å². The van der Waals surface area contributed by atoms with Gasteiger partial charge in [-0.1, -0.05) is 0 Å². The molecule has 1 heterocycles. The van der Waals surface area contributed by atoms with Gasteiger partial charge in [0.05, 0.1) is 10.5 Å². The van der Waals surface area contributed by atoms with Crippen LogP contribution >= 0.6 is 23.5 Å². The molecule has 4 N–H and O–H groups in total. The first-order chi connectivity index (χ1) is 9.53. The molecule has 1 amide bonds. The minimum Gasteiger partial charge on any atom is -0.481 e. The zero-order chi connectivity index (χ0) is 16.4. The predicted octanol–water partition coefficient (Wildman–Crippen LogP) is 0.0684. The molecule has 1 aliphatic rings. The van der Waals surface area contributed by atoms with Crippen molar-refractivity contribution < 1.29 is 34.5 Å². The minimum absolute atomic E-state index is 0.503. The van der Waals surface area contributed by atoms with Crippen molar-refractivity contribution in [3.63, 3.8) is 0 Å². The molecule has 0 radical (unpaired) electrons. The van der Waals surface area contributed by atoms with Gasteiger partial charge in [-0.05, 0) is 13.8 Å². The Morgan fingerprint density at radius 3 is 2.05 bits per heavy atom. The summed E-state index contributed by atoms with van der Waals surface area (Å²) in [4.78, 5) is 44.8. The highest BCUT2D eigenvalue weighted by Crippen LogP contribution is 2.51. The lowest BCUT2D eigenvalue weighted by atomic mass is 10.2. The molecule has 0 saturated carbocycles. The highest BCUT2D eigenvalue weighted by Gasteiger charge is 2.48. The van der Waals surface area contributed by atoms with Gasteiger partial charge in [0.1, 0.15) is 16.5 Å². The lowest BCUT2D eigenvalue weighted by Gasteiger charge is -2.18. The molecule has 1 rings (SSSR count). The molecule has 1 fully saturated rings. The monoisotopic (exact) mass is 337 g/mol. The van der Waals surface area contributed by atoms with Crippen LogP contribution < -0.4 is 5.32 Å². The lowest BCUT2D eigenvalue weighted by Crippen LogP contribution is -2.48. The number of amides is 1. The smallest absolute Gasteiger partial charge is 0.326 e. The van der Waals surface area contributed by atoms with E-state index in [1.54, 1.807) is 13.8 Å². The molecule has 0 aromatic rings. The maximum atomic E-state index is 12.1. The van der Waals surface area contributed by atoms with Gasteiger partial charge < -0.3 is 20.6 Å². The van der Waals surface area contributed by atoms with Crippen LogP contribution in [0.1, 0.15) is 20.3 Å². The van der Waals surface area contributed by atoms with Gasteiger partial charge in [-0.3, -0.25) is 14.4 Å². The van der Waals surface area contributed by atoms with Gasteiger partial charge in [-0.15, -0.1) is 23.5 Å². The first-order valence-electron chi connectivity index (χ1n) is 5.87. The number of aliphatic carboxylic acids is 3. The van der Waals surface area contributed by atoms with E-state index in [4.69, 9.17) is 15.3 Å². The zero-order valence-corrected chi connectivity index (χ0v) is 12.9. The standard InChI is InChI=1S/C11H15NO7S2/c1-11(2)20-6(7(21-11)10(18)19)8(15)12-4(9(16)17)3-5(13)14/h4,6-7H,3H2,1-2H3,(H,12,15)(H,13,14)(H,16,17)(H,18,19)/t4-,6?,7?/m0/s1. The lowest BCUT2D eigenvalue weighted by molar-refractivity contribution is -0.147. The number of hydrogen-bond acceptors (Lipinski definition) is 6. The number of nitrogens with one attached hydrogen (secondary N) is 1. The number of rotatable bonds is 6. The molecular weight excluding hydrogens is 322 g/mol. The Labute approximate surface area is 128 Å². The van der Waals surface area contributed by atoms with Crippen molar-refractivity contribution in [2.75, 3.05) is 0 Å². The first kappa shape index (κ1) is 17.6. The molecule has 118 valence electrons. The van der Waals surface area contributed by atoms with Gasteiger partial charge in [0, 0.05) is 0 Å². The molecule has 10 heteroatoms. The third-order valence-corrected chi connectivity index (χ3v) is 5.94. The van der Waals surface area contributed by atoms with Gasteiger partial charge in [0.2, 0.25) is 5.91 Å². The molecular formula is C11H15NO7S2. The van der Waals surface area contributed by atoms with Gasteiger partial charge in [-0.25, -0.2) is 4.79 Å². The fourth-order valence-electron chi connectivity index (χ4n) is 1.76. The van der Waals surface area contributed by atoms with Crippen LogP contribution in [-0.4, -0.2) is 59.8 Å². The van der Waals surface area contributed by atoms with E-state index in [1.807, 2.05) is 0 Å². The summed E-state index contributed by atoms with van der Waals surface area (Å²) in [6, 6.07) is -1.58. The minimum atomic E-state index is -1.58. The van der Waals surface area contributed by atoms with Crippen molar-refractivity contribution in [2.45, 2.75) is 40.9 Å². The molecule has 0 spiro atoms. The van der Waals surface area contributed by atoms with E-state index in [2.05, 4.69) is 5.32 Å². The second-order valence-corrected chi connectivity index (χ2v) is 8.60. The summed E-state index contributed by atoms with van der Waals surface area (Å²) in [5.74, 6) is -4.79. The van der Waals surface area contributed by atoms with Gasteiger partial charge >= 0.3 is 17.9 Å². The maximum absolute atomic E-state index is 12.1. The van der Waals surface area contributed by atoms with Gasteiger partial charge in [0.15, 0.2) is 0 Å². The Bertz CT molecular complexity index is 479. The zero-order valence-electron chi connectivity index (χ0n) is 11.2. The van der Waals surface area contributed by atoms with Crippen LogP contribution in [0.5, 0.6) is 0 Å². The first-order valence-corrected chi connectivity index (χ1v) is 7.63. The predicted molar refractivity (Wildman–Crippen MR) is 76.3 cm³/mol. The van der Waals surface area contributed by atoms with Crippen LogP contribution in [0.15, 0.2) is 0 Å². The van der Waals surface area contributed by atoms with Crippen LogP contribution in [0.4, 0.5) is 0 Å². The van der Waals surface area contributed by atoms with Crippen molar-refractivity contribution in [1.29, 1.82) is 0 Å². The molecule has 3 atom stereocenters. The Morgan fingerprint density at radius 1 is 1.10 bits per heavy atom. The number of carbonyl (C=O) groups is 4. The van der Waals surface area contributed by atoms with Crippen molar-refractivity contribution in [1.82, 2.24) is 5.32 Å². The molecule has 8 nitrogen and oxygen atoms in total. The summed E-state index contributed by atoms with van der Waals surface area (Å²) in [6.07, 6.45) is -0.771. The second kappa shape index (κ2) is 6.56. The molecule has 0 aromatic carbocycles. The van der Waals surface area contributed by atoms with E-state index < -0.39 is 50.9 Å². The summed E-state index contributed by atoms with van der Waals surface area (Å²) in [5, 5.41) is 26.7. The van der Waals surface area contributed by atoms with E-state index >= 15 is 0 Å². The van der Waals surface area contributed by atoms with E-state index in [1.165, 1.54) is 0 Å². The van der Waals surface area contributed by atoms with Crippen LogP contribution in [0, 0.1) is 0 Å². The van der Waals surface area contributed by atoms with Crippen molar-refractivity contribution >= 4 is 47.3 Å². The van der Waals surface area contributed by atoms with E-state index in [-0.39, 0.29) is 0 Å². The number of carboxylic acids is 3. The Kier molecular flexibility index (Phi) is 5.51. The molecule has 2 unspecified atom stereocenters. The Balaban J connectivity index is 2.83. The summed E-state index contributed by atoms with van der Waals surface area (Å²) in [7, 11) is 0. The fourth-order valence-corrected chi connectivity index (χ4v) is 4.93. The summed E-state index contributed by atoms with van der Waals surface area (Å²) in [6.45, 7) is 3.52. The van der Waals surface area contributed by atoms with E-state index in [9.17, 15) is 19.2 Å². The van der Waals surface area contributed by atoms with Crippen LogP contribution in [0.25, 0.3) is 0 Å². The Morgan fingerprint density at radius 2 is 1.62 bits per heavy atom. The average Bonchev–Trinajstić information content (AvgIpc) is 2.64. The number of hydrogen-bond donors (Lipinski definition) is 4. The number of carboxylic acid groups (broad SMARTS) is 3. The molecule has 21 heavy (non-hydrogen) atoms. The molecule has 0 aromatic heterocycles. The summed E-state index contributed by atoms with van der Waals surface area (Å²) < 4.78 is -0.503. The van der Waals surface area contributed by atoms with Crippen LogP contribution in [0.2, 0.25) is 0 Å². The third kappa shape index (κ3) is 4.81. The summed E-state index contributed by atoms with van der Waals surface area (Å²) >= 11 is 2.22. The van der Waals surface area contributed by atoms with Gasteiger partial charge in [-0.2, -0.15) is 0 Å². The van der Waals surface area contributed by atoms with E-state index in [0.717, 1.165) is 23.5 Å². The average molecular weight is 337 g/mol.